The van der Waals surface area contributed by atoms with Crippen molar-refractivity contribution in [1.29, 1.82) is 0 Å². The fraction of sp³-hybridized carbons (Fsp3) is 0.444. The first-order chi connectivity index (χ1) is 15.6. The highest BCUT2D eigenvalue weighted by molar-refractivity contribution is 5.95. The van der Waals surface area contributed by atoms with E-state index in [0.717, 1.165) is 59.9 Å². The second-order valence-corrected chi connectivity index (χ2v) is 8.96. The maximum Gasteiger partial charge on any atom is 0.336 e. The zero-order valence-electron chi connectivity index (χ0n) is 19.0. The van der Waals surface area contributed by atoms with Crippen molar-refractivity contribution in [2.45, 2.75) is 71.3 Å². The summed E-state index contributed by atoms with van der Waals surface area (Å²) in [6, 6.07) is 15.3. The number of aromatic carboxylic acids is 1. The molecule has 168 valence electrons. The zero-order valence-corrected chi connectivity index (χ0v) is 19.0. The molecule has 5 nitrogen and oxygen atoms in total. The molecule has 0 atom stereocenters. The summed E-state index contributed by atoms with van der Waals surface area (Å²) in [5, 5.41) is 14.4. The summed E-state index contributed by atoms with van der Waals surface area (Å²) in [6.45, 7) is 2.90. The van der Waals surface area contributed by atoms with Crippen LogP contribution in [0.3, 0.4) is 0 Å². The number of aryl methyl sites for hydroxylation is 1. The van der Waals surface area contributed by atoms with Crippen LogP contribution in [0.2, 0.25) is 0 Å². The minimum atomic E-state index is -0.904. The number of carboxylic acids is 1. The van der Waals surface area contributed by atoms with Crippen molar-refractivity contribution < 1.29 is 9.90 Å². The Labute approximate surface area is 190 Å². The lowest BCUT2D eigenvalue weighted by molar-refractivity contribution is 0.0697. The van der Waals surface area contributed by atoms with Gasteiger partial charge in [0.25, 0.3) is 0 Å². The first kappa shape index (κ1) is 22.3. The average Bonchev–Trinajstić information content (AvgIpc) is 3.19. The summed E-state index contributed by atoms with van der Waals surface area (Å²) in [7, 11) is 0. The summed E-state index contributed by atoms with van der Waals surface area (Å²) in [5.74, 6) is 1.90. The number of benzene rings is 2. The highest BCUT2D eigenvalue weighted by atomic mass is 16.4. The molecule has 1 fully saturated rings. The lowest BCUT2D eigenvalue weighted by atomic mass is 9.87. The van der Waals surface area contributed by atoms with Gasteiger partial charge in [0, 0.05) is 12.8 Å². The molecule has 32 heavy (non-hydrogen) atoms. The molecule has 1 aromatic heterocycles. The lowest BCUT2D eigenvalue weighted by Gasteiger charge is -2.19. The molecule has 2 aromatic carbocycles. The summed E-state index contributed by atoms with van der Waals surface area (Å²) in [6.07, 6.45) is 10.9. The largest absolute Gasteiger partial charge is 0.478 e. The van der Waals surface area contributed by atoms with E-state index < -0.39 is 5.97 Å². The van der Waals surface area contributed by atoms with Crippen molar-refractivity contribution in [3.63, 3.8) is 0 Å². The normalized spacial score (nSPS) is 14.5. The maximum atomic E-state index is 11.6. The van der Waals surface area contributed by atoms with Crippen LogP contribution >= 0.6 is 0 Å². The fourth-order valence-electron chi connectivity index (χ4n) is 4.69. The van der Waals surface area contributed by atoms with Crippen LogP contribution in [-0.2, 0) is 19.4 Å². The second kappa shape index (κ2) is 10.6. The maximum absolute atomic E-state index is 11.6. The highest BCUT2D eigenvalue weighted by Crippen LogP contribution is 2.27. The van der Waals surface area contributed by atoms with E-state index in [1.807, 2.05) is 24.3 Å². The molecule has 1 N–H and O–H groups in total. The fourth-order valence-corrected chi connectivity index (χ4v) is 4.69. The summed E-state index contributed by atoms with van der Waals surface area (Å²) >= 11 is 0. The van der Waals surface area contributed by atoms with Crippen LogP contribution in [0.15, 0.2) is 48.5 Å². The van der Waals surface area contributed by atoms with Gasteiger partial charge >= 0.3 is 5.97 Å². The molecule has 0 unspecified atom stereocenters. The van der Waals surface area contributed by atoms with Gasteiger partial charge in [0.1, 0.15) is 5.82 Å². The Morgan fingerprint density at radius 1 is 1.06 bits per heavy atom. The van der Waals surface area contributed by atoms with Gasteiger partial charge in [-0.2, -0.15) is 5.10 Å². The van der Waals surface area contributed by atoms with Gasteiger partial charge in [-0.05, 0) is 35.1 Å². The van der Waals surface area contributed by atoms with E-state index in [4.69, 9.17) is 10.1 Å². The molecule has 0 spiro atoms. The van der Waals surface area contributed by atoms with E-state index in [0.29, 0.717) is 12.1 Å². The van der Waals surface area contributed by atoms with Crippen LogP contribution < -0.4 is 0 Å². The highest BCUT2D eigenvalue weighted by Gasteiger charge is 2.18. The third-order valence-corrected chi connectivity index (χ3v) is 6.50. The minimum Gasteiger partial charge on any atom is -0.478 e. The smallest absolute Gasteiger partial charge is 0.336 e. The van der Waals surface area contributed by atoms with Crippen molar-refractivity contribution in [2.75, 3.05) is 0 Å². The number of aromatic nitrogens is 3. The van der Waals surface area contributed by atoms with Crippen molar-refractivity contribution in [1.82, 2.24) is 14.8 Å². The Morgan fingerprint density at radius 2 is 1.81 bits per heavy atom. The molecule has 1 heterocycles. The van der Waals surface area contributed by atoms with Crippen LogP contribution in [0.5, 0.6) is 0 Å². The van der Waals surface area contributed by atoms with Gasteiger partial charge in [0.05, 0.1) is 12.1 Å². The molecule has 0 amide bonds. The number of carboxylic acid groups (broad SMARTS) is 1. The SMILES string of the molecule is CCCCc1nc(CC2CCCCC2)nn1Cc1ccc(-c2ccccc2C(=O)O)cc1. The molecule has 1 saturated carbocycles. The van der Waals surface area contributed by atoms with E-state index >= 15 is 0 Å². The molecule has 0 saturated heterocycles. The molecular weight excluding hydrogens is 398 g/mol. The summed E-state index contributed by atoms with van der Waals surface area (Å²) in [4.78, 5) is 16.5. The van der Waals surface area contributed by atoms with Gasteiger partial charge in [0.15, 0.2) is 5.82 Å². The van der Waals surface area contributed by atoms with Gasteiger partial charge in [-0.15, -0.1) is 0 Å². The monoisotopic (exact) mass is 431 g/mol. The molecule has 0 radical (unpaired) electrons. The number of hydrogen-bond acceptors (Lipinski definition) is 3. The quantitative estimate of drug-likeness (QED) is 0.441. The Morgan fingerprint density at radius 3 is 2.53 bits per heavy atom. The van der Waals surface area contributed by atoms with E-state index in [-0.39, 0.29) is 0 Å². The first-order valence-corrected chi connectivity index (χ1v) is 12.0. The van der Waals surface area contributed by atoms with Crippen LogP contribution in [0.25, 0.3) is 11.1 Å². The molecule has 0 bridgehead atoms. The number of rotatable bonds is 9. The van der Waals surface area contributed by atoms with Crippen LogP contribution in [0.1, 0.15) is 79.4 Å². The average molecular weight is 432 g/mol. The lowest BCUT2D eigenvalue weighted by Crippen LogP contribution is -2.11. The van der Waals surface area contributed by atoms with Crippen LogP contribution in [-0.4, -0.2) is 25.8 Å². The molecule has 5 heteroatoms. The van der Waals surface area contributed by atoms with Gasteiger partial charge in [-0.25, -0.2) is 14.5 Å². The van der Waals surface area contributed by atoms with Gasteiger partial charge in [-0.1, -0.05) is 87.9 Å². The summed E-state index contributed by atoms with van der Waals surface area (Å²) in [5.41, 5.74) is 3.12. The number of unbranched alkanes of at least 4 members (excludes halogenated alkanes) is 1. The summed E-state index contributed by atoms with van der Waals surface area (Å²) < 4.78 is 2.08. The van der Waals surface area contributed by atoms with E-state index in [9.17, 15) is 9.90 Å². The zero-order chi connectivity index (χ0) is 22.3. The minimum absolute atomic E-state index is 0.325. The van der Waals surface area contributed by atoms with Crippen molar-refractivity contribution in [3.05, 3.63) is 71.3 Å². The van der Waals surface area contributed by atoms with Gasteiger partial charge in [0.2, 0.25) is 0 Å². The first-order valence-electron chi connectivity index (χ1n) is 12.0. The Kier molecular flexibility index (Phi) is 7.35. The third kappa shape index (κ3) is 5.45. The van der Waals surface area contributed by atoms with E-state index in [1.54, 1.807) is 12.1 Å². The van der Waals surface area contributed by atoms with Crippen LogP contribution in [0.4, 0.5) is 0 Å². The van der Waals surface area contributed by atoms with Crippen molar-refractivity contribution in [2.24, 2.45) is 5.92 Å². The van der Waals surface area contributed by atoms with Crippen molar-refractivity contribution >= 4 is 5.97 Å². The van der Waals surface area contributed by atoms with Crippen LogP contribution in [0, 0.1) is 5.92 Å². The van der Waals surface area contributed by atoms with Gasteiger partial charge in [-0.3, -0.25) is 0 Å². The molecule has 0 aliphatic heterocycles. The Hall–Kier alpha value is -2.95. The standard InChI is InChI=1S/C27H33N3O2/c1-2-3-13-26-28-25(18-20-9-5-4-6-10-20)29-30(26)19-21-14-16-22(17-15-21)23-11-7-8-12-24(23)27(31)32/h7-8,11-12,14-17,20H,2-6,9-10,13,18-19H2,1H3,(H,31,32). The molecular formula is C27H33N3O2. The number of nitrogens with zero attached hydrogens (tertiary/aromatic N) is 3. The Bertz CT molecular complexity index is 1030. The number of carbonyl (C=O) groups is 1. The second-order valence-electron chi connectivity index (χ2n) is 8.96. The molecule has 3 aromatic rings. The molecule has 1 aliphatic rings. The van der Waals surface area contributed by atoms with Gasteiger partial charge < -0.3 is 5.11 Å². The topological polar surface area (TPSA) is 68.0 Å². The molecule has 4 rings (SSSR count). The number of hydrogen-bond donors (Lipinski definition) is 1. The molecule has 1 aliphatic carbocycles. The predicted molar refractivity (Wildman–Crippen MR) is 127 cm³/mol. The predicted octanol–water partition coefficient (Wildman–Crippen LogP) is 6.16. The van der Waals surface area contributed by atoms with E-state index in [2.05, 4.69) is 23.7 Å². The Balaban J connectivity index is 1.52. The van der Waals surface area contributed by atoms with Crippen molar-refractivity contribution in [3.8, 4) is 11.1 Å². The third-order valence-electron chi connectivity index (χ3n) is 6.50. The van der Waals surface area contributed by atoms with E-state index in [1.165, 1.54) is 32.1 Å².